The second-order valence-electron chi connectivity index (χ2n) is 5.05. The average molecular weight is 255 g/mol. The minimum Gasteiger partial charge on any atom is -0.444 e. The first-order valence-corrected chi connectivity index (χ1v) is 6.04. The zero-order valence-corrected chi connectivity index (χ0v) is 11.1. The molecule has 1 aromatic rings. The average Bonchev–Trinajstić information content (AvgIpc) is 2.63. The van der Waals surface area contributed by atoms with Gasteiger partial charge >= 0.3 is 6.09 Å². The zero-order chi connectivity index (χ0) is 13.6. The molecule has 0 fully saturated rings. The Morgan fingerprint density at radius 2 is 2.22 bits per heavy atom. The number of aryl methyl sites for hydroxylation is 1. The molecule has 6 heteroatoms. The summed E-state index contributed by atoms with van der Waals surface area (Å²) in [5, 5.41) is 15.4. The van der Waals surface area contributed by atoms with Crippen molar-refractivity contribution in [2.75, 3.05) is 11.9 Å². The first kappa shape index (κ1) is 14.5. The van der Waals surface area contributed by atoms with E-state index >= 15 is 0 Å². The van der Waals surface area contributed by atoms with E-state index in [2.05, 4.69) is 10.4 Å². The second-order valence-corrected chi connectivity index (χ2v) is 5.05. The molecule has 1 aromatic heterocycles. The molecule has 0 aromatic carbocycles. The molecule has 0 unspecified atom stereocenters. The lowest BCUT2D eigenvalue weighted by molar-refractivity contribution is 0.0636. The van der Waals surface area contributed by atoms with E-state index in [-0.39, 0.29) is 6.61 Å². The van der Waals surface area contributed by atoms with Gasteiger partial charge in [0.1, 0.15) is 5.60 Å². The van der Waals surface area contributed by atoms with E-state index in [4.69, 9.17) is 9.84 Å². The Hall–Kier alpha value is -1.56. The highest BCUT2D eigenvalue weighted by atomic mass is 16.6. The number of carbonyl (C=O) groups excluding carboxylic acids is 1. The predicted octanol–water partition coefficient (Wildman–Crippen LogP) is 2.00. The molecule has 6 nitrogen and oxygen atoms in total. The lowest BCUT2D eigenvalue weighted by Gasteiger charge is -2.19. The van der Waals surface area contributed by atoms with Crippen molar-refractivity contribution in [3.05, 3.63) is 12.4 Å². The first-order valence-electron chi connectivity index (χ1n) is 6.04. The van der Waals surface area contributed by atoms with Crippen molar-refractivity contribution in [3.8, 4) is 0 Å². The number of nitrogens with zero attached hydrogens (tertiary/aromatic N) is 2. The molecule has 0 saturated heterocycles. The van der Waals surface area contributed by atoms with Crippen LogP contribution in [0.25, 0.3) is 0 Å². The molecule has 0 atom stereocenters. The number of aliphatic hydroxyl groups is 1. The highest BCUT2D eigenvalue weighted by Gasteiger charge is 2.16. The van der Waals surface area contributed by atoms with Gasteiger partial charge in [-0.25, -0.2) is 4.79 Å². The molecule has 2 N–H and O–H groups in total. The van der Waals surface area contributed by atoms with Crippen LogP contribution in [0.3, 0.4) is 0 Å². The molecule has 1 amide bonds. The molecule has 0 aliphatic carbocycles. The summed E-state index contributed by atoms with van der Waals surface area (Å²) >= 11 is 0. The van der Waals surface area contributed by atoms with Crippen LogP contribution in [0.1, 0.15) is 33.6 Å². The minimum absolute atomic E-state index is 0.185. The Morgan fingerprint density at radius 1 is 1.50 bits per heavy atom. The number of amides is 1. The van der Waals surface area contributed by atoms with E-state index in [0.29, 0.717) is 5.69 Å². The third kappa shape index (κ3) is 5.67. The molecule has 0 spiro atoms. The molecule has 0 aliphatic heterocycles. The van der Waals surface area contributed by atoms with E-state index in [1.807, 2.05) is 20.8 Å². The fraction of sp³-hybridized carbons (Fsp3) is 0.667. The molecule has 0 bridgehead atoms. The van der Waals surface area contributed by atoms with Gasteiger partial charge in [0.2, 0.25) is 0 Å². The van der Waals surface area contributed by atoms with Crippen LogP contribution in [0.15, 0.2) is 12.4 Å². The third-order valence-corrected chi connectivity index (χ3v) is 2.07. The van der Waals surface area contributed by atoms with Crippen molar-refractivity contribution < 1.29 is 14.6 Å². The Morgan fingerprint density at radius 3 is 2.83 bits per heavy atom. The number of rotatable bonds is 5. The summed E-state index contributed by atoms with van der Waals surface area (Å²) in [4.78, 5) is 11.5. The van der Waals surface area contributed by atoms with Gasteiger partial charge < -0.3 is 9.84 Å². The largest absolute Gasteiger partial charge is 0.444 e. The minimum atomic E-state index is -0.513. The molecule has 18 heavy (non-hydrogen) atoms. The number of anilines is 1. The van der Waals surface area contributed by atoms with Crippen LogP contribution in [0.4, 0.5) is 10.5 Å². The summed E-state index contributed by atoms with van der Waals surface area (Å²) in [6.45, 7) is 6.33. The summed E-state index contributed by atoms with van der Waals surface area (Å²) in [7, 11) is 0. The second kappa shape index (κ2) is 6.39. The number of aromatic nitrogens is 2. The standard InChI is InChI=1S/C12H21N3O3/c1-12(2,3)18-11(17)14-10-8-13-15(9-10)6-4-5-7-16/h8-9,16H,4-7H2,1-3H3,(H,14,17). The van der Waals surface area contributed by atoms with Crippen molar-refractivity contribution in [1.82, 2.24) is 9.78 Å². The fourth-order valence-electron chi connectivity index (χ4n) is 1.36. The van der Waals surface area contributed by atoms with E-state index in [0.717, 1.165) is 19.4 Å². The van der Waals surface area contributed by atoms with E-state index in [9.17, 15) is 4.79 Å². The van der Waals surface area contributed by atoms with Crippen molar-refractivity contribution >= 4 is 11.8 Å². The maximum atomic E-state index is 11.5. The van der Waals surface area contributed by atoms with E-state index in [1.165, 1.54) is 0 Å². The number of hydrogen-bond donors (Lipinski definition) is 2. The predicted molar refractivity (Wildman–Crippen MR) is 68.4 cm³/mol. The molecule has 102 valence electrons. The van der Waals surface area contributed by atoms with Crippen molar-refractivity contribution in [3.63, 3.8) is 0 Å². The van der Waals surface area contributed by atoms with Crippen molar-refractivity contribution in [2.24, 2.45) is 0 Å². The molecular formula is C12H21N3O3. The maximum Gasteiger partial charge on any atom is 0.412 e. The number of nitrogens with one attached hydrogen (secondary N) is 1. The quantitative estimate of drug-likeness (QED) is 0.789. The van der Waals surface area contributed by atoms with Crippen LogP contribution < -0.4 is 5.32 Å². The van der Waals surface area contributed by atoms with E-state index < -0.39 is 11.7 Å². The number of unbranched alkanes of at least 4 members (excludes halogenated alkanes) is 1. The first-order chi connectivity index (χ1) is 8.40. The Labute approximate surface area is 107 Å². The molecule has 0 saturated carbocycles. The lowest BCUT2D eigenvalue weighted by Crippen LogP contribution is -2.27. The van der Waals surface area contributed by atoms with Gasteiger partial charge in [-0.15, -0.1) is 0 Å². The van der Waals surface area contributed by atoms with Crippen LogP contribution >= 0.6 is 0 Å². The molecule has 1 rings (SSSR count). The van der Waals surface area contributed by atoms with Gasteiger partial charge in [-0.05, 0) is 33.6 Å². The van der Waals surface area contributed by atoms with Crippen molar-refractivity contribution in [2.45, 2.75) is 45.8 Å². The fourth-order valence-corrected chi connectivity index (χ4v) is 1.36. The van der Waals surface area contributed by atoms with Crippen LogP contribution in [0.2, 0.25) is 0 Å². The van der Waals surface area contributed by atoms with Crippen LogP contribution in [-0.4, -0.2) is 33.2 Å². The molecule has 0 radical (unpaired) electrons. The van der Waals surface area contributed by atoms with Gasteiger partial charge in [-0.3, -0.25) is 10.00 Å². The Kier molecular flexibility index (Phi) is 5.15. The van der Waals surface area contributed by atoms with Crippen LogP contribution in [-0.2, 0) is 11.3 Å². The third-order valence-electron chi connectivity index (χ3n) is 2.07. The van der Waals surface area contributed by atoms with Gasteiger partial charge in [0.15, 0.2) is 0 Å². The number of ether oxygens (including phenoxy) is 1. The number of carbonyl (C=O) groups is 1. The summed E-state index contributed by atoms with van der Waals surface area (Å²) in [6, 6.07) is 0. The van der Waals surface area contributed by atoms with Gasteiger partial charge in [-0.1, -0.05) is 0 Å². The lowest BCUT2D eigenvalue weighted by atomic mass is 10.2. The summed E-state index contributed by atoms with van der Waals surface area (Å²) < 4.78 is 6.85. The maximum absolute atomic E-state index is 11.5. The van der Waals surface area contributed by atoms with Gasteiger partial charge in [0, 0.05) is 19.3 Å². The van der Waals surface area contributed by atoms with E-state index in [1.54, 1.807) is 17.1 Å². The molecular weight excluding hydrogens is 234 g/mol. The Bertz CT molecular complexity index is 382. The zero-order valence-electron chi connectivity index (χ0n) is 11.1. The monoisotopic (exact) mass is 255 g/mol. The molecule has 0 aliphatic rings. The van der Waals surface area contributed by atoms with Crippen LogP contribution in [0.5, 0.6) is 0 Å². The summed E-state index contributed by atoms with van der Waals surface area (Å²) in [6.07, 6.45) is 4.42. The van der Waals surface area contributed by atoms with Gasteiger partial charge in [0.05, 0.1) is 11.9 Å². The highest BCUT2D eigenvalue weighted by Crippen LogP contribution is 2.11. The number of hydrogen-bond acceptors (Lipinski definition) is 4. The van der Waals surface area contributed by atoms with Gasteiger partial charge in [0.25, 0.3) is 0 Å². The normalized spacial score (nSPS) is 11.3. The smallest absolute Gasteiger partial charge is 0.412 e. The SMILES string of the molecule is CC(C)(C)OC(=O)Nc1cnn(CCCCO)c1. The number of aliphatic hydroxyl groups excluding tert-OH is 1. The Balaban J connectivity index is 2.41. The highest BCUT2D eigenvalue weighted by molar-refractivity contribution is 5.84. The topological polar surface area (TPSA) is 76.4 Å². The van der Waals surface area contributed by atoms with Crippen molar-refractivity contribution in [1.29, 1.82) is 0 Å². The summed E-state index contributed by atoms with van der Waals surface area (Å²) in [5.74, 6) is 0. The van der Waals surface area contributed by atoms with Crippen LogP contribution in [0, 0.1) is 0 Å². The molecule has 1 heterocycles. The summed E-state index contributed by atoms with van der Waals surface area (Å²) in [5.41, 5.74) is 0.0922. The van der Waals surface area contributed by atoms with Gasteiger partial charge in [-0.2, -0.15) is 5.10 Å².